The Bertz CT molecular complexity index is 832. The Morgan fingerprint density at radius 3 is 2.64 bits per heavy atom. The number of carbonyl (C=O) groups is 1. The Kier molecular flexibility index (Phi) is 5.61. The van der Waals surface area contributed by atoms with E-state index in [1.807, 2.05) is 6.07 Å². The van der Waals surface area contributed by atoms with Crippen LogP contribution < -0.4 is 4.74 Å². The molecule has 0 bridgehead atoms. The smallest absolute Gasteiger partial charge is 0.257 e. The average Bonchev–Trinajstić information content (AvgIpc) is 3.01. The molecule has 0 radical (unpaired) electrons. The summed E-state index contributed by atoms with van der Waals surface area (Å²) in [6, 6.07) is 8.30. The van der Waals surface area contributed by atoms with Crippen molar-refractivity contribution in [3.05, 3.63) is 53.9 Å². The predicted molar refractivity (Wildman–Crippen MR) is 107 cm³/mol. The zero-order chi connectivity index (χ0) is 20.5. The van der Waals surface area contributed by atoms with Crippen molar-refractivity contribution in [3.8, 4) is 11.5 Å². The lowest BCUT2D eigenvalue weighted by molar-refractivity contribution is 0.0164. The van der Waals surface area contributed by atoms with E-state index >= 15 is 0 Å². The summed E-state index contributed by atoms with van der Waals surface area (Å²) in [4.78, 5) is 18.6. The molecule has 0 saturated heterocycles. The maximum Gasteiger partial charge on any atom is 0.257 e. The van der Waals surface area contributed by atoms with E-state index < -0.39 is 12.2 Å². The van der Waals surface area contributed by atoms with Gasteiger partial charge in [-0.1, -0.05) is 26.8 Å². The maximum absolute atomic E-state index is 13.0. The van der Waals surface area contributed by atoms with E-state index in [2.05, 4.69) is 25.8 Å². The molecule has 0 aliphatic heterocycles. The second kappa shape index (κ2) is 7.80. The van der Waals surface area contributed by atoms with Crippen LogP contribution in [0.15, 0.2) is 42.7 Å². The number of rotatable bonds is 4. The molecule has 2 aromatic rings. The molecular weight excluding hydrogens is 356 g/mol. The van der Waals surface area contributed by atoms with Crippen LogP contribution in [0.4, 0.5) is 0 Å². The monoisotopic (exact) mass is 384 g/mol. The third-order valence-corrected chi connectivity index (χ3v) is 5.35. The van der Waals surface area contributed by atoms with Gasteiger partial charge >= 0.3 is 0 Å². The van der Waals surface area contributed by atoms with Gasteiger partial charge in [0.05, 0.1) is 17.8 Å². The minimum Gasteiger partial charge on any atom is -0.507 e. The van der Waals surface area contributed by atoms with Crippen molar-refractivity contribution in [1.29, 1.82) is 0 Å². The second-order valence-electron chi connectivity index (χ2n) is 8.38. The highest BCUT2D eigenvalue weighted by molar-refractivity contribution is 5.97. The zero-order valence-electron chi connectivity index (χ0n) is 16.8. The Balaban J connectivity index is 1.75. The Morgan fingerprint density at radius 2 is 2.00 bits per heavy atom. The van der Waals surface area contributed by atoms with Gasteiger partial charge in [-0.3, -0.25) is 9.78 Å². The fourth-order valence-electron chi connectivity index (χ4n) is 3.58. The number of ether oxygens (including phenoxy) is 1. The number of nitrogens with zero attached hydrogens (tertiary/aromatic N) is 2. The molecule has 3 atom stereocenters. The number of likely N-dealkylation sites (N-methyl/N-ethyl adjacent to an activating group) is 1. The molecule has 0 spiro atoms. The van der Waals surface area contributed by atoms with E-state index in [0.29, 0.717) is 18.6 Å². The summed E-state index contributed by atoms with van der Waals surface area (Å²) in [7, 11) is 1.66. The predicted octanol–water partition coefficient (Wildman–Crippen LogP) is 3.13. The lowest BCUT2D eigenvalue weighted by Gasteiger charge is -2.29. The van der Waals surface area contributed by atoms with Gasteiger partial charge < -0.3 is 19.8 Å². The lowest BCUT2D eigenvalue weighted by Crippen LogP contribution is -2.45. The zero-order valence-corrected chi connectivity index (χ0v) is 16.8. The number of carbonyl (C=O) groups excluding carboxylic acids is 1. The summed E-state index contributed by atoms with van der Waals surface area (Å²) in [6.07, 6.45) is 3.29. The molecule has 1 fully saturated rings. The van der Waals surface area contributed by atoms with Crippen LogP contribution in [0.3, 0.4) is 0 Å². The molecule has 1 heterocycles. The van der Waals surface area contributed by atoms with Crippen molar-refractivity contribution in [2.75, 3.05) is 7.05 Å². The molecular formula is C22H28N2O4. The molecule has 0 unspecified atom stereocenters. The number of aliphatic hydroxyl groups excluding tert-OH is 1. The number of benzene rings is 1. The van der Waals surface area contributed by atoms with Crippen LogP contribution in [0.5, 0.6) is 11.5 Å². The fraction of sp³-hybridized carbons (Fsp3) is 0.455. The van der Waals surface area contributed by atoms with E-state index in [9.17, 15) is 15.0 Å². The Hall–Kier alpha value is -2.60. The van der Waals surface area contributed by atoms with Crippen molar-refractivity contribution in [2.24, 2.45) is 0 Å². The second-order valence-corrected chi connectivity index (χ2v) is 8.38. The van der Waals surface area contributed by atoms with Gasteiger partial charge in [-0.25, -0.2) is 0 Å². The number of aliphatic hydroxyl groups is 1. The fourth-order valence-corrected chi connectivity index (χ4v) is 3.58. The first-order valence-corrected chi connectivity index (χ1v) is 9.54. The molecule has 1 aliphatic carbocycles. The lowest BCUT2D eigenvalue weighted by atomic mass is 9.86. The molecule has 2 N–H and O–H groups in total. The topological polar surface area (TPSA) is 82.9 Å². The van der Waals surface area contributed by atoms with Crippen molar-refractivity contribution in [2.45, 2.75) is 57.3 Å². The minimum atomic E-state index is -0.818. The highest BCUT2D eigenvalue weighted by Gasteiger charge is 2.40. The standard InChI is InChI=1S/C22H28N2O4/c1-22(2,3)14-7-9-18(25)16(12-14)21(27)24(4)17-8-10-19(20(17)26)28-15-6-5-11-23-13-15/h5-7,9,11-13,17,19-20,25-26H,8,10H2,1-4H3/t17-,19-,20-/m1/s1. The van der Waals surface area contributed by atoms with Crippen LogP contribution in [0.1, 0.15) is 49.5 Å². The normalized spacial score (nSPS) is 22.1. The van der Waals surface area contributed by atoms with E-state index in [0.717, 1.165) is 5.56 Å². The number of hydrogen-bond donors (Lipinski definition) is 2. The first kappa shape index (κ1) is 20.1. The molecule has 1 aromatic carbocycles. The summed E-state index contributed by atoms with van der Waals surface area (Å²) >= 11 is 0. The van der Waals surface area contributed by atoms with Crippen LogP contribution in [0.25, 0.3) is 0 Å². The Morgan fingerprint density at radius 1 is 1.25 bits per heavy atom. The molecule has 1 amide bonds. The third kappa shape index (κ3) is 4.12. The first-order chi connectivity index (χ1) is 13.2. The number of hydrogen-bond acceptors (Lipinski definition) is 5. The van der Waals surface area contributed by atoms with Crippen molar-refractivity contribution in [3.63, 3.8) is 0 Å². The summed E-state index contributed by atoms with van der Waals surface area (Å²) in [6.45, 7) is 6.16. The van der Waals surface area contributed by atoms with E-state index in [4.69, 9.17) is 4.74 Å². The van der Waals surface area contributed by atoms with Crippen LogP contribution >= 0.6 is 0 Å². The van der Waals surface area contributed by atoms with Crippen LogP contribution in [-0.2, 0) is 5.41 Å². The van der Waals surface area contributed by atoms with Gasteiger partial charge in [0.2, 0.25) is 0 Å². The number of aromatic nitrogens is 1. The van der Waals surface area contributed by atoms with Crippen molar-refractivity contribution < 1.29 is 19.7 Å². The van der Waals surface area contributed by atoms with Crippen LogP contribution in [0.2, 0.25) is 0 Å². The number of phenolic OH excluding ortho intramolecular Hbond substituents is 1. The van der Waals surface area contributed by atoms with Gasteiger partial charge in [-0.15, -0.1) is 0 Å². The molecule has 1 saturated carbocycles. The highest BCUT2D eigenvalue weighted by atomic mass is 16.5. The van der Waals surface area contributed by atoms with Crippen LogP contribution in [-0.4, -0.2) is 51.3 Å². The number of phenols is 1. The minimum absolute atomic E-state index is 0.0551. The van der Waals surface area contributed by atoms with Gasteiger partial charge in [0.25, 0.3) is 5.91 Å². The molecule has 28 heavy (non-hydrogen) atoms. The summed E-state index contributed by atoms with van der Waals surface area (Å²) in [5.41, 5.74) is 1.07. The van der Waals surface area contributed by atoms with Gasteiger partial charge in [-0.2, -0.15) is 0 Å². The van der Waals surface area contributed by atoms with Gasteiger partial charge in [0.1, 0.15) is 23.7 Å². The SMILES string of the molecule is CN(C(=O)c1cc(C(C)(C)C)ccc1O)[C@@H]1CC[C@@H](Oc2cccnc2)[C@@H]1O. The van der Waals surface area contributed by atoms with E-state index in [-0.39, 0.29) is 28.7 Å². The molecule has 1 aromatic heterocycles. The highest BCUT2D eigenvalue weighted by Crippen LogP contribution is 2.32. The number of amides is 1. The molecule has 1 aliphatic rings. The van der Waals surface area contributed by atoms with Gasteiger partial charge in [0.15, 0.2) is 0 Å². The molecule has 6 heteroatoms. The number of aromatic hydroxyl groups is 1. The van der Waals surface area contributed by atoms with Gasteiger partial charge in [0, 0.05) is 13.2 Å². The quantitative estimate of drug-likeness (QED) is 0.846. The van der Waals surface area contributed by atoms with Crippen molar-refractivity contribution in [1.82, 2.24) is 9.88 Å². The largest absolute Gasteiger partial charge is 0.507 e. The van der Waals surface area contributed by atoms with E-state index in [1.54, 1.807) is 43.7 Å². The molecule has 150 valence electrons. The summed E-state index contributed by atoms with van der Waals surface area (Å²) in [5, 5.41) is 21.0. The average molecular weight is 384 g/mol. The first-order valence-electron chi connectivity index (χ1n) is 9.54. The number of pyridine rings is 1. The summed E-state index contributed by atoms with van der Waals surface area (Å²) < 4.78 is 5.84. The van der Waals surface area contributed by atoms with Gasteiger partial charge in [-0.05, 0) is 48.1 Å². The summed E-state index contributed by atoms with van der Waals surface area (Å²) in [5.74, 6) is 0.229. The molecule has 3 rings (SSSR count). The maximum atomic E-state index is 13.0. The Labute approximate surface area is 165 Å². The van der Waals surface area contributed by atoms with E-state index in [1.165, 1.54) is 4.90 Å². The van der Waals surface area contributed by atoms with Crippen molar-refractivity contribution >= 4 is 5.91 Å². The van der Waals surface area contributed by atoms with Crippen LogP contribution in [0, 0.1) is 0 Å². The molecule has 6 nitrogen and oxygen atoms in total. The third-order valence-electron chi connectivity index (χ3n) is 5.35.